The van der Waals surface area contributed by atoms with Crippen molar-refractivity contribution in [3.8, 4) is 0 Å². The first-order valence-electron chi connectivity index (χ1n) is 8.53. The lowest BCUT2D eigenvalue weighted by Gasteiger charge is -2.27. The number of carboxylic acid groups (broad SMARTS) is 1. The highest BCUT2D eigenvalue weighted by Gasteiger charge is 2.48. The molecule has 0 aromatic heterocycles. The number of alkyl halides is 2. The fraction of sp³-hybridized carbons (Fsp3) is 0.389. The molecule has 2 aliphatic heterocycles. The summed E-state index contributed by atoms with van der Waals surface area (Å²) in [6.07, 6.45) is -0.864. The fourth-order valence-electron chi connectivity index (χ4n) is 3.29. The number of carboxylic acids is 1. The first kappa shape index (κ1) is 20.8. The largest absolute Gasteiger partial charge is 0.480 e. The van der Waals surface area contributed by atoms with Crippen LogP contribution >= 0.6 is 0 Å². The summed E-state index contributed by atoms with van der Waals surface area (Å²) in [6, 6.07) is 1.35. The lowest BCUT2D eigenvalue weighted by molar-refractivity contribution is -0.142. The summed E-state index contributed by atoms with van der Waals surface area (Å²) in [4.78, 5) is 28.5. The van der Waals surface area contributed by atoms with E-state index in [1.807, 2.05) is 0 Å². The molecule has 2 N–H and O–H groups in total. The van der Waals surface area contributed by atoms with Crippen molar-refractivity contribution in [1.82, 2.24) is 10.2 Å². The van der Waals surface area contributed by atoms with Crippen LogP contribution in [0, 0.1) is 11.6 Å². The summed E-state index contributed by atoms with van der Waals surface area (Å²) in [5.74, 6) is -7.15. The van der Waals surface area contributed by atoms with Gasteiger partial charge in [-0.05, 0) is 12.1 Å². The van der Waals surface area contributed by atoms with Crippen LogP contribution in [0.25, 0.3) is 0 Å². The van der Waals surface area contributed by atoms with E-state index in [0.29, 0.717) is 6.07 Å². The van der Waals surface area contributed by atoms with Gasteiger partial charge in [-0.2, -0.15) is 0 Å². The molecule has 1 saturated heterocycles. The number of methoxy groups -OCH3 is 1. The number of nitrogens with one attached hydrogen (secondary N) is 1. The van der Waals surface area contributed by atoms with Crippen LogP contribution in [-0.4, -0.2) is 66.5 Å². The highest BCUT2D eigenvalue weighted by molar-refractivity contribution is 6.03. The number of likely N-dealkylation sites (tertiary alicyclic amines) is 1. The number of hydrogen-bond donors (Lipinski definition) is 2. The van der Waals surface area contributed by atoms with E-state index in [0.717, 1.165) is 24.1 Å². The molecule has 0 radical (unpaired) electrons. The van der Waals surface area contributed by atoms with E-state index in [2.05, 4.69) is 15.0 Å². The highest BCUT2D eigenvalue weighted by Crippen LogP contribution is 2.33. The Kier molecular flexibility index (Phi) is 5.60. The van der Waals surface area contributed by atoms with Crippen LogP contribution in [0.4, 0.5) is 17.6 Å². The van der Waals surface area contributed by atoms with Gasteiger partial charge in [0.1, 0.15) is 23.5 Å². The molecule has 11 heteroatoms. The molecule has 2 heterocycles. The number of ether oxygens (including phenoxy) is 1. The topological polar surface area (TPSA) is 91.2 Å². The predicted octanol–water partition coefficient (Wildman–Crippen LogP) is 1.54. The van der Waals surface area contributed by atoms with Gasteiger partial charge in [0.2, 0.25) is 0 Å². The standard InChI is InChI=1S/C18H17F4N3O4/c1-29-17(28)11-6-23-15(10-3-2-9(19)4-12(10)20)24-13(11)7-25-8-18(21,22)5-14(25)16(26)27/h2-4,14H,5-8H2,1H3,(H,23,24)(H,26,27). The van der Waals surface area contributed by atoms with Crippen LogP contribution in [0.2, 0.25) is 0 Å². The Morgan fingerprint density at radius 1 is 1.38 bits per heavy atom. The molecule has 0 saturated carbocycles. The number of halogens is 4. The number of carbonyl (C=O) groups is 2. The Bertz CT molecular complexity index is 916. The molecule has 1 fully saturated rings. The van der Waals surface area contributed by atoms with E-state index in [1.54, 1.807) is 0 Å². The van der Waals surface area contributed by atoms with E-state index in [1.165, 1.54) is 0 Å². The molecule has 0 amide bonds. The van der Waals surface area contributed by atoms with Crippen LogP contribution in [0.1, 0.15) is 12.0 Å². The zero-order valence-corrected chi connectivity index (χ0v) is 15.2. The number of amidine groups is 1. The molecular weight excluding hydrogens is 398 g/mol. The molecule has 156 valence electrons. The van der Waals surface area contributed by atoms with E-state index in [4.69, 9.17) is 0 Å². The normalized spacial score (nSPS) is 21.6. The molecule has 0 aliphatic carbocycles. The number of esters is 1. The maximum Gasteiger partial charge on any atom is 0.337 e. The number of rotatable bonds is 5. The highest BCUT2D eigenvalue weighted by atomic mass is 19.3. The minimum Gasteiger partial charge on any atom is -0.480 e. The van der Waals surface area contributed by atoms with Gasteiger partial charge < -0.3 is 15.2 Å². The van der Waals surface area contributed by atoms with Gasteiger partial charge in [0.05, 0.1) is 31.3 Å². The zero-order chi connectivity index (χ0) is 21.3. The molecule has 3 rings (SSSR count). The van der Waals surface area contributed by atoms with Crippen LogP contribution in [0.5, 0.6) is 0 Å². The molecule has 2 aliphatic rings. The van der Waals surface area contributed by atoms with Crippen LogP contribution < -0.4 is 5.32 Å². The summed E-state index contributed by atoms with van der Waals surface area (Å²) in [6.45, 7) is -1.41. The van der Waals surface area contributed by atoms with E-state index >= 15 is 0 Å². The molecule has 1 aromatic carbocycles. The Balaban J connectivity index is 1.91. The third-order valence-corrected chi connectivity index (χ3v) is 4.66. The van der Waals surface area contributed by atoms with Crippen molar-refractivity contribution >= 4 is 17.8 Å². The first-order valence-corrected chi connectivity index (χ1v) is 8.53. The van der Waals surface area contributed by atoms with Crippen LogP contribution in [0.3, 0.4) is 0 Å². The fourth-order valence-corrected chi connectivity index (χ4v) is 3.29. The second-order valence-corrected chi connectivity index (χ2v) is 6.68. The van der Waals surface area contributed by atoms with E-state index in [9.17, 15) is 32.3 Å². The lowest BCUT2D eigenvalue weighted by Crippen LogP contribution is -2.43. The van der Waals surface area contributed by atoms with Crippen molar-refractivity contribution in [3.63, 3.8) is 0 Å². The third kappa shape index (κ3) is 4.39. The van der Waals surface area contributed by atoms with Crippen molar-refractivity contribution in [2.75, 3.05) is 26.7 Å². The number of nitrogens with zero attached hydrogens (tertiary/aromatic N) is 2. The van der Waals surface area contributed by atoms with Crippen molar-refractivity contribution < 1.29 is 37.0 Å². The van der Waals surface area contributed by atoms with Gasteiger partial charge in [0.25, 0.3) is 5.92 Å². The maximum absolute atomic E-state index is 14.1. The van der Waals surface area contributed by atoms with Gasteiger partial charge in [-0.3, -0.25) is 14.7 Å². The molecule has 1 aromatic rings. The minimum absolute atomic E-state index is 0.00174. The first-order chi connectivity index (χ1) is 13.6. The summed E-state index contributed by atoms with van der Waals surface area (Å²) in [5.41, 5.74) is -0.0259. The zero-order valence-electron chi connectivity index (χ0n) is 15.2. The molecule has 1 unspecified atom stereocenters. The monoisotopic (exact) mass is 415 g/mol. The summed E-state index contributed by atoms with van der Waals surface area (Å²) >= 11 is 0. The van der Waals surface area contributed by atoms with Gasteiger partial charge in [-0.25, -0.2) is 22.4 Å². The van der Waals surface area contributed by atoms with Gasteiger partial charge in [0.15, 0.2) is 0 Å². The quantitative estimate of drug-likeness (QED) is 0.560. The predicted molar refractivity (Wildman–Crippen MR) is 92.5 cm³/mol. The Morgan fingerprint density at radius 3 is 2.72 bits per heavy atom. The minimum atomic E-state index is -3.20. The second kappa shape index (κ2) is 7.82. The van der Waals surface area contributed by atoms with Crippen molar-refractivity contribution in [2.24, 2.45) is 4.99 Å². The maximum atomic E-state index is 14.1. The van der Waals surface area contributed by atoms with Crippen LogP contribution in [0.15, 0.2) is 34.5 Å². The molecule has 1 atom stereocenters. The Hall–Kier alpha value is -2.95. The Labute approximate surface area is 162 Å². The molecule has 0 bridgehead atoms. The number of carbonyl (C=O) groups excluding carboxylic acids is 1. The van der Waals surface area contributed by atoms with Crippen LogP contribution in [-0.2, 0) is 14.3 Å². The van der Waals surface area contributed by atoms with Gasteiger partial charge in [0, 0.05) is 24.7 Å². The summed E-state index contributed by atoms with van der Waals surface area (Å²) in [7, 11) is 1.12. The molecule has 29 heavy (non-hydrogen) atoms. The van der Waals surface area contributed by atoms with Gasteiger partial charge >= 0.3 is 11.9 Å². The van der Waals surface area contributed by atoms with E-state index in [-0.39, 0.29) is 35.8 Å². The second-order valence-electron chi connectivity index (χ2n) is 6.68. The number of benzene rings is 1. The number of hydrogen-bond acceptors (Lipinski definition) is 6. The molecular formula is C18H17F4N3O4. The number of aliphatic imine (C=N–C) groups is 1. The lowest BCUT2D eigenvalue weighted by atomic mass is 10.1. The molecule has 7 nitrogen and oxygen atoms in total. The number of aliphatic carboxylic acids is 1. The van der Waals surface area contributed by atoms with Gasteiger partial charge in [-0.1, -0.05) is 0 Å². The van der Waals surface area contributed by atoms with Gasteiger partial charge in [-0.15, -0.1) is 0 Å². The SMILES string of the molecule is COC(=O)C1=C(CN2CC(F)(F)CC2C(=O)O)NC(c2ccc(F)cc2F)=NC1. The van der Waals surface area contributed by atoms with Crippen molar-refractivity contribution in [1.29, 1.82) is 0 Å². The van der Waals surface area contributed by atoms with Crippen molar-refractivity contribution in [3.05, 3.63) is 46.7 Å². The molecule has 0 spiro atoms. The van der Waals surface area contributed by atoms with E-state index < -0.39 is 48.5 Å². The van der Waals surface area contributed by atoms with Crippen molar-refractivity contribution in [2.45, 2.75) is 18.4 Å². The third-order valence-electron chi connectivity index (χ3n) is 4.66. The average molecular weight is 415 g/mol. The summed E-state index contributed by atoms with van der Waals surface area (Å²) in [5, 5.41) is 11.9. The smallest absolute Gasteiger partial charge is 0.337 e. The average Bonchev–Trinajstić information content (AvgIpc) is 2.95. The summed E-state index contributed by atoms with van der Waals surface area (Å²) < 4.78 is 59.5. The Morgan fingerprint density at radius 2 is 2.10 bits per heavy atom.